The van der Waals surface area contributed by atoms with Crippen LogP contribution in [0.3, 0.4) is 0 Å². The monoisotopic (exact) mass is 374 g/mol. The van der Waals surface area contributed by atoms with Gasteiger partial charge in [-0.15, -0.1) is 0 Å². The molecule has 27 heavy (non-hydrogen) atoms. The Morgan fingerprint density at radius 1 is 1.07 bits per heavy atom. The Bertz CT molecular complexity index is 1100. The van der Waals surface area contributed by atoms with Crippen LogP contribution in [0, 0.1) is 0 Å². The van der Waals surface area contributed by atoms with E-state index in [-0.39, 0.29) is 5.91 Å². The summed E-state index contributed by atoms with van der Waals surface area (Å²) in [4.78, 5) is 17.4. The summed E-state index contributed by atoms with van der Waals surface area (Å²) < 4.78 is 2.93. The van der Waals surface area contributed by atoms with Gasteiger partial charge in [0.05, 0.1) is 22.3 Å². The molecule has 1 aliphatic carbocycles. The van der Waals surface area contributed by atoms with E-state index in [1.807, 2.05) is 53.2 Å². The number of hydrogen-bond acceptors (Lipinski definition) is 4. The van der Waals surface area contributed by atoms with E-state index in [4.69, 9.17) is 10.1 Å². The van der Waals surface area contributed by atoms with E-state index < -0.39 is 0 Å². The zero-order chi connectivity index (χ0) is 18.2. The van der Waals surface area contributed by atoms with Crippen LogP contribution in [-0.2, 0) is 24.1 Å². The molecular weight excluding hydrogens is 356 g/mol. The van der Waals surface area contributed by atoms with Crippen LogP contribution in [0.2, 0.25) is 0 Å². The van der Waals surface area contributed by atoms with Gasteiger partial charge < -0.3 is 5.32 Å². The van der Waals surface area contributed by atoms with Crippen molar-refractivity contribution in [2.24, 2.45) is 0 Å². The number of thiazole rings is 1. The maximum Gasteiger partial charge on any atom is 0.229 e. The normalized spacial score (nSPS) is 13.0. The quantitative estimate of drug-likeness (QED) is 0.584. The fraction of sp³-hybridized carbons (Fsp3) is 0.190. The standard InChI is InChI=1S/C21H18N4OS/c26-19(13-14-7-2-1-3-8-14)23-20-15-9-6-11-16(15)24-25(20)21-22-17-10-4-5-12-18(17)27-21/h1-5,7-8,10,12H,6,9,11,13H2,(H,23,26). The number of para-hydroxylation sites is 1. The molecule has 0 saturated heterocycles. The third-order valence-electron chi connectivity index (χ3n) is 4.84. The van der Waals surface area contributed by atoms with E-state index in [0.717, 1.165) is 57.2 Å². The molecule has 2 aromatic heterocycles. The summed E-state index contributed by atoms with van der Waals surface area (Å²) in [5, 5.41) is 8.67. The Hall–Kier alpha value is -2.99. The van der Waals surface area contributed by atoms with Crippen LogP contribution in [0.1, 0.15) is 23.2 Å². The third-order valence-corrected chi connectivity index (χ3v) is 5.85. The Kier molecular flexibility index (Phi) is 3.98. The summed E-state index contributed by atoms with van der Waals surface area (Å²) in [6.45, 7) is 0. The first-order valence-corrected chi connectivity index (χ1v) is 9.90. The number of fused-ring (bicyclic) bond motifs is 2. The van der Waals surface area contributed by atoms with Crippen molar-refractivity contribution in [2.45, 2.75) is 25.7 Å². The number of carbonyl (C=O) groups is 1. The molecular formula is C21H18N4OS. The van der Waals surface area contributed by atoms with Crippen LogP contribution in [-0.4, -0.2) is 20.7 Å². The van der Waals surface area contributed by atoms with Crippen molar-refractivity contribution in [3.63, 3.8) is 0 Å². The first-order chi connectivity index (χ1) is 13.3. The largest absolute Gasteiger partial charge is 0.310 e. The van der Waals surface area contributed by atoms with E-state index >= 15 is 0 Å². The van der Waals surface area contributed by atoms with Crippen LogP contribution in [0.5, 0.6) is 0 Å². The molecule has 0 atom stereocenters. The SMILES string of the molecule is O=C(Cc1ccccc1)Nc1c2c(nn1-c1nc3ccccc3s1)CCC2. The topological polar surface area (TPSA) is 59.8 Å². The molecule has 6 heteroatoms. The summed E-state index contributed by atoms with van der Waals surface area (Å²) in [5.41, 5.74) is 4.17. The highest BCUT2D eigenvalue weighted by Gasteiger charge is 2.25. The number of benzene rings is 2. The predicted octanol–water partition coefficient (Wildman–Crippen LogP) is 4.15. The minimum absolute atomic E-state index is 0.0295. The lowest BCUT2D eigenvalue weighted by atomic mass is 10.1. The summed E-state index contributed by atoms with van der Waals surface area (Å²) in [5.74, 6) is 0.751. The fourth-order valence-electron chi connectivity index (χ4n) is 3.57. The van der Waals surface area contributed by atoms with Gasteiger partial charge in [0.2, 0.25) is 11.0 Å². The second-order valence-corrected chi connectivity index (χ2v) is 7.72. The molecule has 2 heterocycles. The molecule has 0 bridgehead atoms. The van der Waals surface area contributed by atoms with Gasteiger partial charge in [0, 0.05) is 5.56 Å². The van der Waals surface area contributed by atoms with Crippen LogP contribution in [0.25, 0.3) is 15.3 Å². The summed E-state index contributed by atoms with van der Waals surface area (Å²) in [7, 11) is 0. The molecule has 134 valence electrons. The predicted molar refractivity (Wildman–Crippen MR) is 108 cm³/mol. The lowest BCUT2D eigenvalue weighted by Gasteiger charge is -2.09. The molecule has 0 radical (unpaired) electrons. The molecule has 5 rings (SSSR count). The number of aromatic nitrogens is 3. The average molecular weight is 374 g/mol. The molecule has 0 saturated carbocycles. The molecule has 2 aromatic carbocycles. The third kappa shape index (κ3) is 3.02. The van der Waals surface area contributed by atoms with Gasteiger partial charge in [0.1, 0.15) is 5.82 Å². The molecule has 4 aromatic rings. The van der Waals surface area contributed by atoms with E-state index in [9.17, 15) is 4.79 Å². The second-order valence-electron chi connectivity index (χ2n) is 6.71. The Morgan fingerprint density at radius 3 is 2.74 bits per heavy atom. The fourth-order valence-corrected chi connectivity index (χ4v) is 4.49. The van der Waals surface area contributed by atoms with Crippen LogP contribution in [0.15, 0.2) is 54.6 Å². The molecule has 1 aliphatic rings. The van der Waals surface area contributed by atoms with Gasteiger partial charge in [-0.05, 0) is 37.0 Å². The Labute approximate surface area is 160 Å². The second kappa shape index (κ2) is 6.63. The first kappa shape index (κ1) is 16.2. The van der Waals surface area contributed by atoms with Gasteiger partial charge in [-0.3, -0.25) is 4.79 Å². The maximum absolute atomic E-state index is 12.7. The van der Waals surface area contributed by atoms with Gasteiger partial charge in [0.15, 0.2) is 0 Å². The highest BCUT2D eigenvalue weighted by atomic mass is 32.1. The zero-order valence-electron chi connectivity index (χ0n) is 14.7. The number of nitrogens with one attached hydrogen (secondary N) is 1. The van der Waals surface area contributed by atoms with Crippen molar-refractivity contribution in [3.8, 4) is 5.13 Å². The number of aryl methyl sites for hydroxylation is 1. The summed E-state index contributed by atoms with van der Waals surface area (Å²) >= 11 is 1.59. The van der Waals surface area contributed by atoms with Gasteiger partial charge in [0.25, 0.3) is 0 Å². The molecule has 1 N–H and O–H groups in total. The molecule has 0 unspecified atom stereocenters. The Balaban J connectivity index is 1.50. The van der Waals surface area contributed by atoms with Gasteiger partial charge in [-0.2, -0.15) is 9.78 Å². The van der Waals surface area contributed by atoms with Crippen LogP contribution >= 0.6 is 11.3 Å². The molecule has 0 aliphatic heterocycles. The minimum atomic E-state index is -0.0295. The number of hydrogen-bond donors (Lipinski definition) is 1. The highest BCUT2D eigenvalue weighted by molar-refractivity contribution is 7.20. The number of rotatable bonds is 4. The summed E-state index contributed by atoms with van der Waals surface area (Å²) in [6.07, 6.45) is 3.33. The Morgan fingerprint density at radius 2 is 1.89 bits per heavy atom. The van der Waals surface area contributed by atoms with Crippen molar-refractivity contribution in [1.29, 1.82) is 0 Å². The molecule has 0 spiro atoms. The van der Waals surface area contributed by atoms with Gasteiger partial charge >= 0.3 is 0 Å². The van der Waals surface area contributed by atoms with Crippen molar-refractivity contribution in [3.05, 3.63) is 71.4 Å². The molecule has 1 amide bonds. The lowest BCUT2D eigenvalue weighted by molar-refractivity contribution is -0.115. The van der Waals surface area contributed by atoms with E-state index in [2.05, 4.69) is 11.4 Å². The first-order valence-electron chi connectivity index (χ1n) is 9.08. The molecule has 0 fully saturated rings. The number of amides is 1. The average Bonchev–Trinajstić information content (AvgIpc) is 3.37. The maximum atomic E-state index is 12.7. The van der Waals surface area contributed by atoms with Crippen molar-refractivity contribution < 1.29 is 4.79 Å². The van der Waals surface area contributed by atoms with E-state index in [1.54, 1.807) is 11.3 Å². The summed E-state index contributed by atoms with van der Waals surface area (Å²) in [6, 6.07) is 17.8. The van der Waals surface area contributed by atoms with Gasteiger partial charge in [-0.1, -0.05) is 53.8 Å². The lowest BCUT2D eigenvalue weighted by Crippen LogP contribution is -2.18. The number of nitrogens with zero attached hydrogens (tertiary/aromatic N) is 3. The zero-order valence-corrected chi connectivity index (χ0v) is 15.5. The minimum Gasteiger partial charge on any atom is -0.310 e. The number of anilines is 1. The molecule has 5 nitrogen and oxygen atoms in total. The van der Waals surface area contributed by atoms with Gasteiger partial charge in [-0.25, -0.2) is 4.98 Å². The highest BCUT2D eigenvalue weighted by Crippen LogP contribution is 2.33. The van der Waals surface area contributed by atoms with Crippen LogP contribution in [0.4, 0.5) is 5.82 Å². The van der Waals surface area contributed by atoms with Crippen molar-refractivity contribution in [2.75, 3.05) is 5.32 Å². The van der Waals surface area contributed by atoms with Crippen LogP contribution < -0.4 is 5.32 Å². The van der Waals surface area contributed by atoms with Crippen molar-refractivity contribution >= 4 is 33.3 Å². The number of carbonyl (C=O) groups excluding carboxylic acids is 1. The van der Waals surface area contributed by atoms with E-state index in [1.165, 1.54) is 0 Å². The smallest absolute Gasteiger partial charge is 0.229 e. The van der Waals surface area contributed by atoms with Crippen molar-refractivity contribution in [1.82, 2.24) is 14.8 Å². The van der Waals surface area contributed by atoms with E-state index in [0.29, 0.717) is 6.42 Å².